The summed E-state index contributed by atoms with van der Waals surface area (Å²) < 4.78 is 2.63. The maximum atomic E-state index is 9.50. The first-order valence-electron chi connectivity index (χ1n) is 5.53. The molecule has 5 heteroatoms. The third-order valence-corrected chi connectivity index (χ3v) is 3.21. The van der Waals surface area contributed by atoms with Gasteiger partial charge >= 0.3 is 0 Å². The summed E-state index contributed by atoms with van der Waals surface area (Å²) in [6.07, 6.45) is 1.78. The molecule has 2 aromatic rings. The van der Waals surface area contributed by atoms with Gasteiger partial charge in [-0.1, -0.05) is 0 Å². The van der Waals surface area contributed by atoms with Gasteiger partial charge in [-0.3, -0.25) is 0 Å². The summed E-state index contributed by atoms with van der Waals surface area (Å²) >= 11 is 3.42. The summed E-state index contributed by atoms with van der Waals surface area (Å²) in [5.74, 6) is 0. The number of hydrogen-bond donors (Lipinski definition) is 1. The second-order valence-corrected chi connectivity index (χ2v) is 4.92. The highest BCUT2D eigenvalue weighted by molar-refractivity contribution is 9.10. The fourth-order valence-corrected chi connectivity index (χ4v) is 2.14. The van der Waals surface area contributed by atoms with E-state index in [4.69, 9.17) is 5.26 Å². The number of benzene rings is 1. The number of halogens is 1. The van der Waals surface area contributed by atoms with Crippen molar-refractivity contribution in [1.82, 2.24) is 9.78 Å². The predicted molar refractivity (Wildman–Crippen MR) is 71.4 cm³/mol. The van der Waals surface area contributed by atoms with E-state index in [1.807, 2.05) is 12.1 Å². The van der Waals surface area contributed by atoms with Gasteiger partial charge in [-0.15, -0.1) is 0 Å². The highest BCUT2D eigenvalue weighted by Crippen LogP contribution is 2.21. The lowest BCUT2D eigenvalue weighted by Crippen LogP contribution is -2.10. The molecular formula is C13H12BrN3O. The summed E-state index contributed by atoms with van der Waals surface area (Å²) in [5, 5.41) is 22.5. The van der Waals surface area contributed by atoms with Gasteiger partial charge in [0.05, 0.1) is 39.8 Å². The molecule has 1 atom stereocenters. The molecule has 0 aliphatic heterocycles. The first-order chi connectivity index (χ1) is 8.61. The molecule has 1 aromatic carbocycles. The third kappa shape index (κ3) is 2.61. The van der Waals surface area contributed by atoms with Crippen LogP contribution in [0.4, 0.5) is 0 Å². The van der Waals surface area contributed by atoms with Crippen molar-refractivity contribution in [1.29, 1.82) is 5.26 Å². The van der Waals surface area contributed by atoms with Crippen molar-refractivity contribution in [2.45, 2.75) is 19.4 Å². The number of hydrogen-bond acceptors (Lipinski definition) is 3. The second-order valence-electron chi connectivity index (χ2n) is 4.06. The highest BCUT2D eigenvalue weighted by atomic mass is 79.9. The maximum Gasteiger partial charge on any atom is 0.0991 e. The zero-order chi connectivity index (χ0) is 13.1. The van der Waals surface area contributed by atoms with Crippen LogP contribution in [0.25, 0.3) is 5.69 Å². The standard InChI is InChI=1S/C13H12BrN3O/c1-9(18)6-13-12(14)8-16-17(13)11-4-2-10(7-15)3-5-11/h2-5,8-9,18H,6H2,1H3. The van der Waals surface area contributed by atoms with Crippen LogP contribution in [0.3, 0.4) is 0 Å². The molecule has 0 spiro atoms. The van der Waals surface area contributed by atoms with E-state index in [9.17, 15) is 5.11 Å². The van der Waals surface area contributed by atoms with E-state index in [1.54, 1.807) is 29.9 Å². The van der Waals surface area contributed by atoms with Gasteiger partial charge in [0.15, 0.2) is 0 Å². The van der Waals surface area contributed by atoms with E-state index in [2.05, 4.69) is 27.1 Å². The Labute approximate surface area is 114 Å². The zero-order valence-electron chi connectivity index (χ0n) is 9.84. The molecule has 2 rings (SSSR count). The third-order valence-electron chi connectivity index (χ3n) is 2.55. The van der Waals surface area contributed by atoms with Crippen LogP contribution >= 0.6 is 15.9 Å². The molecule has 18 heavy (non-hydrogen) atoms. The molecule has 0 aliphatic rings. The number of aliphatic hydroxyl groups excluding tert-OH is 1. The number of nitrogens with zero attached hydrogens (tertiary/aromatic N) is 3. The van der Waals surface area contributed by atoms with Crippen molar-refractivity contribution in [3.05, 3.63) is 46.2 Å². The van der Waals surface area contributed by atoms with Crippen LogP contribution in [0.5, 0.6) is 0 Å². The molecule has 4 nitrogen and oxygen atoms in total. The van der Waals surface area contributed by atoms with Crippen molar-refractivity contribution in [2.24, 2.45) is 0 Å². The Morgan fingerprint density at radius 1 is 1.44 bits per heavy atom. The topological polar surface area (TPSA) is 61.8 Å². The van der Waals surface area contributed by atoms with E-state index in [1.165, 1.54) is 0 Å². The summed E-state index contributed by atoms with van der Waals surface area (Å²) in [5.41, 5.74) is 2.40. The van der Waals surface area contributed by atoms with Gasteiger partial charge in [0, 0.05) is 6.42 Å². The molecular weight excluding hydrogens is 294 g/mol. The molecule has 1 heterocycles. The first-order valence-corrected chi connectivity index (χ1v) is 6.32. The number of aromatic nitrogens is 2. The van der Waals surface area contributed by atoms with Crippen LogP contribution in [0.15, 0.2) is 34.9 Å². The fourth-order valence-electron chi connectivity index (χ4n) is 1.72. The minimum Gasteiger partial charge on any atom is -0.393 e. The van der Waals surface area contributed by atoms with Crippen LogP contribution in [-0.4, -0.2) is 21.0 Å². The number of nitriles is 1. The summed E-state index contributed by atoms with van der Waals surface area (Å²) in [4.78, 5) is 0. The van der Waals surface area contributed by atoms with E-state index < -0.39 is 6.10 Å². The summed E-state index contributed by atoms with van der Waals surface area (Å²) in [7, 11) is 0. The van der Waals surface area contributed by atoms with Crippen LogP contribution in [-0.2, 0) is 6.42 Å². The second kappa shape index (κ2) is 5.34. The Bertz CT molecular complexity index is 581. The van der Waals surface area contributed by atoms with Crippen LogP contribution < -0.4 is 0 Å². The predicted octanol–water partition coefficient (Wildman–Crippen LogP) is 2.43. The fraction of sp³-hybridized carbons (Fsp3) is 0.231. The monoisotopic (exact) mass is 305 g/mol. The number of rotatable bonds is 3. The van der Waals surface area contributed by atoms with Crippen LogP contribution in [0.2, 0.25) is 0 Å². The molecule has 0 fully saturated rings. The first kappa shape index (κ1) is 12.8. The molecule has 0 saturated heterocycles. The van der Waals surface area contributed by atoms with Gasteiger partial charge in [0.1, 0.15) is 0 Å². The Kier molecular flexibility index (Phi) is 3.80. The summed E-state index contributed by atoms with van der Waals surface area (Å²) in [6.45, 7) is 1.74. The SMILES string of the molecule is CC(O)Cc1c(Br)cnn1-c1ccc(C#N)cc1. The Hall–Kier alpha value is -1.64. The molecule has 0 radical (unpaired) electrons. The highest BCUT2D eigenvalue weighted by Gasteiger charge is 2.12. The van der Waals surface area contributed by atoms with Crippen LogP contribution in [0.1, 0.15) is 18.2 Å². The number of aliphatic hydroxyl groups is 1. The molecule has 92 valence electrons. The van der Waals surface area contributed by atoms with Gasteiger partial charge in [-0.25, -0.2) is 4.68 Å². The average molecular weight is 306 g/mol. The van der Waals surface area contributed by atoms with Crippen molar-refractivity contribution in [3.63, 3.8) is 0 Å². The minimum atomic E-state index is -0.435. The lowest BCUT2D eigenvalue weighted by molar-refractivity contribution is 0.193. The Morgan fingerprint density at radius 2 is 2.11 bits per heavy atom. The smallest absolute Gasteiger partial charge is 0.0991 e. The van der Waals surface area contributed by atoms with E-state index in [0.717, 1.165) is 15.9 Å². The Balaban J connectivity index is 2.41. The van der Waals surface area contributed by atoms with Gasteiger partial charge in [0.25, 0.3) is 0 Å². The van der Waals surface area contributed by atoms with Crippen molar-refractivity contribution in [3.8, 4) is 11.8 Å². The quantitative estimate of drug-likeness (QED) is 0.947. The summed E-state index contributed by atoms with van der Waals surface area (Å²) in [6, 6.07) is 9.25. The van der Waals surface area contributed by atoms with Crippen LogP contribution in [0, 0.1) is 11.3 Å². The van der Waals surface area contributed by atoms with Crippen molar-refractivity contribution >= 4 is 15.9 Å². The van der Waals surface area contributed by atoms with Gasteiger partial charge in [-0.2, -0.15) is 10.4 Å². The molecule has 0 bridgehead atoms. The average Bonchev–Trinajstić information content (AvgIpc) is 2.71. The Morgan fingerprint density at radius 3 is 2.67 bits per heavy atom. The van der Waals surface area contributed by atoms with E-state index in [-0.39, 0.29) is 0 Å². The molecule has 1 aromatic heterocycles. The molecule has 0 amide bonds. The zero-order valence-corrected chi connectivity index (χ0v) is 11.4. The largest absolute Gasteiger partial charge is 0.393 e. The van der Waals surface area contributed by atoms with E-state index >= 15 is 0 Å². The lowest BCUT2D eigenvalue weighted by Gasteiger charge is -2.09. The van der Waals surface area contributed by atoms with Gasteiger partial charge in [-0.05, 0) is 47.1 Å². The molecule has 1 N–H and O–H groups in total. The molecule has 0 saturated carbocycles. The van der Waals surface area contributed by atoms with Crippen molar-refractivity contribution < 1.29 is 5.11 Å². The van der Waals surface area contributed by atoms with Crippen molar-refractivity contribution in [2.75, 3.05) is 0 Å². The molecule has 1 unspecified atom stereocenters. The molecule has 0 aliphatic carbocycles. The van der Waals surface area contributed by atoms with E-state index in [0.29, 0.717) is 12.0 Å². The normalized spacial score (nSPS) is 12.1. The van der Waals surface area contributed by atoms with Gasteiger partial charge in [0.2, 0.25) is 0 Å². The minimum absolute atomic E-state index is 0.435. The lowest BCUT2D eigenvalue weighted by atomic mass is 10.2. The maximum absolute atomic E-state index is 9.50. The van der Waals surface area contributed by atoms with Gasteiger partial charge < -0.3 is 5.11 Å².